The summed E-state index contributed by atoms with van der Waals surface area (Å²) >= 11 is 0. The van der Waals surface area contributed by atoms with Crippen LogP contribution in [-0.4, -0.2) is 86.6 Å². The highest BCUT2D eigenvalue weighted by Gasteiger charge is 2.73. The maximum Gasteiger partial charge on any atom is 0.331 e. The van der Waals surface area contributed by atoms with E-state index in [4.69, 9.17) is 14.2 Å². The summed E-state index contributed by atoms with van der Waals surface area (Å²) < 4.78 is 17.3. The van der Waals surface area contributed by atoms with E-state index in [1.54, 1.807) is 6.92 Å². The molecule has 4 aliphatic carbocycles. The number of fused-ring (bicyclic) bond motifs is 5. The fourth-order valence-electron chi connectivity index (χ4n) is 9.87. The van der Waals surface area contributed by atoms with E-state index >= 15 is 0 Å². The molecule has 0 aromatic rings. The van der Waals surface area contributed by atoms with Crippen LogP contribution in [0.2, 0.25) is 0 Å². The lowest BCUT2D eigenvalue weighted by Crippen LogP contribution is -2.67. The number of cyclic esters (lactones) is 1. The van der Waals surface area contributed by atoms with E-state index in [0.717, 1.165) is 32.1 Å². The highest BCUT2D eigenvalue weighted by molar-refractivity contribution is 5.85. The van der Waals surface area contributed by atoms with Crippen molar-refractivity contribution in [3.8, 4) is 0 Å². The summed E-state index contributed by atoms with van der Waals surface area (Å²) in [6.07, 6.45) is 2.30. The van der Waals surface area contributed by atoms with Crippen LogP contribution in [0.15, 0.2) is 11.6 Å². The van der Waals surface area contributed by atoms with Gasteiger partial charge in [0.15, 0.2) is 6.29 Å². The van der Waals surface area contributed by atoms with Gasteiger partial charge in [-0.3, -0.25) is 0 Å². The number of carbonyl (C=O) groups is 1. The molecule has 14 atom stereocenters. The molecule has 9 heteroatoms. The van der Waals surface area contributed by atoms with Crippen LogP contribution in [0, 0.1) is 34.5 Å². The quantitative estimate of drug-likeness (QED) is 0.267. The molecule has 0 amide bonds. The molecule has 6 rings (SSSR count). The summed E-state index contributed by atoms with van der Waals surface area (Å²) in [5, 5.41) is 55.4. The number of hydrogen-bond acceptors (Lipinski definition) is 9. The molecule has 1 saturated heterocycles. The average molecular weight is 537 g/mol. The number of carbonyl (C=O) groups excluding carboxylic acids is 1. The van der Waals surface area contributed by atoms with E-state index in [9.17, 15) is 30.3 Å². The van der Waals surface area contributed by atoms with Crippen LogP contribution in [-0.2, 0) is 19.0 Å². The highest BCUT2D eigenvalue weighted by atomic mass is 16.7. The Morgan fingerprint density at radius 2 is 1.76 bits per heavy atom. The Balaban J connectivity index is 1.20. The monoisotopic (exact) mass is 536 g/mol. The molecule has 9 nitrogen and oxygen atoms in total. The van der Waals surface area contributed by atoms with Crippen LogP contribution in [0.4, 0.5) is 0 Å². The van der Waals surface area contributed by atoms with E-state index < -0.39 is 59.7 Å². The summed E-state index contributed by atoms with van der Waals surface area (Å²) in [6, 6.07) is 0. The molecular formula is C29H44O9. The number of aliphatic hydroxyl groups excluding tert-OH is 4. The predicted molar refractivity (Wildman–Crippen MR) is 134 cm³/mol. The van der Waals surface area contributed by atoms with Crippen LogP contribution in [0.3, 0.4) is 0 Å². The number of aliphatic hydroxyl groups is 5. The molecule has 2 aliphatic heterocycles. The third-order valence-electron chi connectivity index (χ3n) is 12.0. The average Bonchev–Trinajstić information content (AvgIpc) is 3.36. The van der Waals surface area contributed by atoms with Gasteiger partial charge in [0.05, 0.1) is 36.1 Å². The Kier molecular flexibility index (Phi) is 6.58. The molecule has 6 aliphatic rings. The summed E-state index contributed by atoms with van der Waals surface area (Å²) in [5.41, 5.74) is -1.60. The minimum Gasteiger partial charge on any atom is -0.458 e. The maximum atomic E-state index is 12.4. The SMILES string of the molecule is C[C@H]1O[C@@H](O[C@H]2CC[C@@]3(C)[C@H](CC[C@@H]4[C@@H]3C[C@@H](O)[C@]3(C)[C@H](C5=CC(=O)OC5)[C@@H](O)C[C@]43O)C2)C[C@@H](O)[C@@H]1O. The second kappa shape index (κ2) is 9.23. The molecule has 2 heterocycles. The zero-order valence-electron chi connectivity index (χ0n) is 22.7. The van der Waals surface area contributed by atoms with Crippen molar-refractivity contribution >= 4 is 5.97 Å². The third kappa shape index (κ3) is 3.80. The first-order valence-corrected chi connectivity index (χ1v) is 14.5. The maximum absolute atomic E-state index is 12.4. The lowest BCUT2D eigenvalue weighted by molar-refractivity contribution is -0.274. The van der Waals surface area contributed by atoms with E-state index in [0.29, 0.717) is 17.9 Å². The van der Waals surface area contributed by atoms with Gasteiger partial charge in [0.2, 0.25) is 0 Å². The van der Waals surface area contributed by atoms with Gasteiger partial charge in [-0.05, 0) is 74.2 Å². The van der Waals surface area contributed by atoms with E-state index in [-0.39, 0.29) is 42.8 Å². The van der Waals surface area contributed by atoms with Crippen LogP contribution in [0.1, 0.15) is 72.1 Å². The third-order valence-corrected chi connectivity index (χ3v) is 12.0. The number of rotatable bonds is 3. The largest absolute Gasteiger partial charge is 0.458 e. The molecule has 0 aromatic heterocycles. The molecule has 5 N–H and O–H groups in total. The lowest BCUT2D eigenvalue weighted by atomic mass is 9.42. The van der Waals surface area contributed by atoms with Crippen molar-refractivity contribution in [3.63, 3.8) is 0 Å². The van der Waals surface area contributed by atoms with Crippen LogP contribution in [0.5, 0.6) is 0 Å². The highest BCUT2D eigenvalue weighted by Crippen LogP contribution is 2.70. The molecule has 0 unspecified atom stereocenters. The molecule has 0 aromatic carbocycles. The molecule has 4 saturated carbocycles. The van der Waals surface area contributed by atoms with Crippen LogP contribution in [0.25, 0.3) is 0 Å². The van der Waals surface area contributed by atoms with Gasteiger partial charge in [0.1, 0.15) is 12.7 Å². The molecule has 5 fully saturated rings. The van der Waals surface area contributed by atoms with Gasteiger partial charge in [-0.15, -0.1) is 0 Å². The molecule has 214 valence electrons. The normalized spacial score (nSPS) is 56.5. The minimum atomic E-state index is -1.24. The summed E-state index contributed by atoms with van der Waals surface area (Å²) in [6.45, 7) is 6.05. The van der Waals surface area contributed by atoms with Crippen molar-refractivity contribution in [1.29, 1.82) is 0 Å². The molecule has 0 bridgehead atoms. The molecular weight excluding hydrogens is 492 g/mol. The van der Waals surface area contributed by atoms with Crippen molar-refractivity contribution in [2.75, 3.05) is 6.61 Å². The minimum absolute atomic E-state index is 0.00402. The first kappa shape index (κ1) is 27.1. The van der Waals surface area contributed by atoms with Gasteiger partial charge < -0.3 is 39.7 Å². The van der Waals surface area contributed by atoms with Crippen molar-refractivity contribution in [1.82, 2.24) is 0 Å². The van der Waals surface area contributed by atoms with Gasteiger partial charge in [-0.25, -0.2) is 4.79 Å². The van der Waals surface area contributed by atoms with Gasteiger partial charge >= 0.3 is 5.97 Å². The van der Waals surface area contributed by atoms with Crippen molar-refractivity contribution < 1.29 is 44.5 Å². The van der Waals surface area contributed by atoms with Crippen molar-refractivity contribution in [3.05, 3.63) is 11.6 Å². The predicted octanol–water partition coefficient (Wildman–Crippen LogP) is 1.43. The number of ether oxygens (including phenoxy) is 3. The first-order chi connectivity index (χ1) is 17.9. The molecule has 38 heavy (non-hydrogen) atoms. The second-order valence-electron chi connectivity index (χ2n) is 13.6. The number of esters is 1. The van der Waals surface area contributed by atoms with Crippen LogP contribution < -0.4 is 0 Å². The Bertz CT molecular complexity index is 973. The smallest absolute Gasteiger partial charge is 0.331 e. The Morgan fingerprint density at radius 3 is 2.45 bits per heavy atom. The second-order valence-corrected chi connectivity index (χ2v) is 13.6. The summed E-state index contributed by atoms with van der Waals surface area (Å²) in [7, 11) is 0. The van der Waals surface area contributed by atoms with Crippen molar-refractivity contribution in [2.24, 2.45) is 34.5 Å². The fraction of sp³-hybridized carbons (Fsp3) is 0.897. The van der Waals surface area contributed by atoms with Gasteiger partial charge in [0, 0.05) is 30.3 Å². The molecule has 0 spiro atoms. The summed E-state index contributed by atoms with van der Waals surface area (Å²) in [4.78, 5) is 11.8. The zero-order valence-corrected chi connectivity index (χ0v) is 22.7. The van der Waals surface area contributed by atoms with Crippen LogP contribution >= 0.6 is 0 Å². The standard InChI is InChI=1S/C29H44O9/c1-14-26(34)20(30)11-24(37-14)38-17-6-7-27(2)16(9-17)4-5-18-19(27)10-22(32)28(3)25(15-8-23(33)36-13-15)21(31)12-29(18,28)35/h8,14,16-22,24-26,30-32,34-35H,4-7,9-13H2,1-3H3/t14-,16-,17+,18-,19+,20-,21+,22-,24+,25-,26-,27+,28-,29+/m1/s1. The van der Waals surface area contributed by atoms with E-state index in [1.165, 1.54) is 6.08 Å². The van der Waals surface area contributed by atoms with Gasteiger partial charge in [-0.1, -0.05) is 13.8 Å². The Labute approximate surface area is 224 Å². The van der Waals surface area contributed by atoms with Gasteiger partial charge in [0.25, 0.3) is 0 Å². The topological polar surface area (TPSA) is 146 Å². The first-order valence-electron chi connectivity index (χ1n) is 14.5. The summed E-state index contributed by atoms with van der Waals surface area (Å²) in [5.74, 6) is -0.520. The molecule has 0 radical (unpaired) electrons. The van der Waals surface area contributed by atoms with E-state index in [2.05, 4.69) is 6.92 Å². The lowest BCUT2D eigenvalue weighted by Gasteiger charge is -2.65. The number of hydrogen-bond donors (Lipinski definition) is 5. The van der Waals surface area contributed by atoms with Crippen molar-refractivity contribution in [2.45, 2.75) is 121 Å². The zero-order chi connectivity index (χ0) is 27.2. The van der Waals surface area contributed by atoms with Gasteiger partial charge in [-0.2, -0.15) is 0 Å². The fourth-order valence-corrected chi connectivity index (χ4v) is 9.87. The Morgan fingerprint density at radius 1 is 1.00 bits per heavy atom. The van der Waals surface area contributed by atoms with E-state index in [1.807, 2.05) is 6.92 Å². The Hall–Kier alpha value is -1.07.